The highest BCUT2D eigenvalue weighted by atomic mass is 32.1. The monoisotopic (exact) mass is 467 g/mol. The Morgan fingerprint density at radius 3 is 2.50 bits per heavy atom. The third-order valence-electron chi connectivity index (χ3n) is 5.17. The Labute approximate surface area is 201 Å². The SMILES string of the molecule is COc1ccc2nc(N(Cc3ccccn3)C(=O)c3cccc(Oc4ccccc4)c3)sc2c1. The molecule has 0 saturated carbocycles. The highest BCUT2D eigenvalue weighted by molar-refractivity contribution is 7.22. The molecule has 0 spiro atoms. The Bertz CT molecular complexity index is 1420. The Morgan fingerprint density at radius 2 is 1.71 bits per heavy atom. The van der Waals surface area contributed by atoms with Gasteiger partial charge in [-0.05, 0) is 60.7 Å². The maximum Gasteiger partial charge on any atom is 0.260 e. The second kappa shape index (κ2) is 9.72. The predicted octanol–water partition coefficient (Wildman–Crippen LogP) is 6.34. The topological polar surface area (TPSA) is 64.5 Å². The molecule has 168 valence electrons. The van der Waals surface area contributed by atoms with E-state index in [-0.39, 0.29) is 5.91 Å². The van der Waals surface area contributed by atoms with Crippen LogP contribution in [0.3, 0.4) is 0 Å². The molecule has 5 rings (SSSR count). The number of nitrogens with zero attached hydrogens (tertiary/aromatic N) is 3. The molecule has 0 atom stereocenters. The van der Waals surface area contributed by atoms with E-state index < -0.39 is 0 Å². The molecule has 0 saturated heterocycles. The first kappa shape index (κ1) is 21.6. The fourth-order valence-electron chi connectivity index (χ4n) is 3.49. The summed E-state index contributed by atoms with van der Waals surface area (Å²) in [6.07, 6.45) is 1.72. The summed E-state index contributed by atoms with van der Waals surface area (Å²) in [7, 11) is 1.63. The molecule has 7 heteroatoms. The Hall–Kier alpha value is -4.23. The first-order chi connectivity index (χ1) is 16.7. The lowest BCUT2D eigenvalue weighted by Gasteiger charge is -2.20. The molecule has 0 unspecified atom stereocenters. The molecule has 3 aromatic carbocycles. The van der Waals surface area contributed by atoms with E-state index in [2.05, 4.69) is 4.98 Å². The summed E-state index contributed by atoms with van der Waals surface area (Å²) in [5, 5.41) is 0.591. The number of thiazole rings is 1. The van der Waals surface area contributed by atoms with Crippen LogP contribution in [0, 0.1) is 0 Å². The van der Waals surface area contributed by atoms with Crippen LogP contribution in [0.25, 0.3) is 10.2 Å². The van der Waals surface area contributed by atoms with Gasteiger partial charge in [0.15, 0.2) is 5.13 Å². The lowest BCUT2D eigenvalue weighted by Crippen LogP contribution is -2.30. The van der Waals surface area contributed by atoms with E-state index in [9.17, 15) is 4.79 Å². The number of benzene rings is 3. The van der Waals surface area contributed by atoms with Crippen LogP contribution in [-0.4, -0.2) is 23.0 Å². The van der Waals surface area contributed by atoms with Gasteiger partial charge in [-0.15, -0.1) is 0 Å². The zero-order valence-corrected chi connectivity index (χ0v) is 19.2. The second-order valence-corrected chi connectivity index (χ2v) is 8.49. The summed E-state index contributed by atoms with van der Waals surface area (Å²) in [6, 6.07) is 28.0. The predicted molar refractivity (Wildman–Crippen MR) is 134 cm³/mol. The zero-order valence-electron chi connectivity index (χ0n) is 18.4. The van der Waals surface area contributed by atoms with Gasteiger partial charge in [-0.3, -0.25) is 14.7 Å². The van der Waals surface area contributed by atoms with Gasteiger partial charge >= 0.3 is 0 Å². The van der Waals surface area contributed by atoms with Crippen molar-refractivity contribution in [1.29, 1.82) is 0 Å². The first-order valence-electron chi connectivity index (χ1n) is 10.7. The van der Waals surface area contributed by atoms with E-state index >= 15 is 0 Å². The van der Waals surface area contributed by atoms with E-state index in [4.69, 9.17) is 14.5 Å². The number of hydrogen-bond acceptors (Lipinski definition) is 6. The van der Waals surface area contributed by atoms with Gasteiger partial charge < -0.3 is 9.47 Å². The number of pyridine rings is 1. The molecule has 1 amide bonds. The van der Waals surface area contributed by atoms with Gasteiger partial charge in [-0.2, -0.15) is 0 Å². The molecule has 2 heterocycles. The average molecular weight is 468 g/mol. The number of amides is 1. The Balaban J connectivity index is 1.50. The van der Waals surface area contributed by atoms with Crippen molar-refractivity contribution >= 4 is 32.6 Å². The molecule has 0 bridgehead atoms. The van der Waals surface area contributed by atoms with Gasteiger partial charge in [0.1, 0.15) is 17.2 Å². The van der Waals surface area contributed by atoms with Crippen LogP contribution in [0.2, 0.25) is 0 Å². The molecule has 0 aliphatic carbocycles. The summed E-state index contributed by atoms with van der Waals surface area (Å²) in [4.78, 5) is 24.5. The van der Waals surface area contributed by atoms with E-state index in [0.29, 0.717) is 28.7 Å². The molecule has 5 aromatic rings. The number of methoxy groups -OCH3 is 1. The van der Waals surface area contributed by atoms with Crippen LogP contribution in [-0.2, 0) is 6.54 Å². The van der Waals surface area contributed by atoms with Gasteiger partial charge in [-0.1, -0.05) is 41.7 Å². The number of carbonyl (C=O) groups excluding carboxylic acids is 1. The molecule has 6 nitrogen and oxygen atoms in total. The van der Waals surface area contributed by atoms with Gasteiger partial charge in [0, 0.05) is 11.8 Å². The Kier molecular flexibility index (Phi) is 6.18. The van der Waals surface area contributed by atoms with Crippen molar-refractivity contribution in [2.24, 2.45) is 0 Å². The summed E-state index contributed by atoms with van der Waals surface area (Å²) >= 11 is 1.44. The van der Waals surface area contributed by atoms with Gasteiger partial charge in [0.25, 0.3) is 5.91 Å². The van der Waals surface area contributed by atoms with E-state index in [0.717, 1.165) is 21.7 Å². The van der Waals surface area contributed by atoms with Crippen molar-refractivity contribution in [3.05, 3.63) is 108 Å². The zero-order chi connectivity index (χ0) is 23.3. The third kappa shape index (κ3) is 4.74. The number of fused-ring (bicyclic) bond motifs is 1. The summed E-state index contributed by atoms with van der Waals surface area (Å²) < 4.78 is 12.2. The van der Waals surface area contributed by atoms with Crippen LogP contribution in [0.4, 0.5) is 5.13 Å². The molecular formula is C27H21N3O3S. The average Bonchev–Trinajstić information content (AvgIpc) is 3.31. The largest absolute Gasteiger partial charge is 0.497 e. The number of aromatic nitrogens is 2. The van der Waals surface area contributed by atoms with E-state index in [1.165, 1.54) is 11.3 Å². The van der Waals surface area contributed by atoms with Gasteiger partial charge in [0.05, 0.1) is 29.6 Å². The molecule has 0 aliphatic rings. The maximum absolute atomic E-state index is 13.7. The van der Waals surface area contributed by atoms with Crippen molar-refractivity contribution in [3.63, 3.8) is 0 Å². The maximum atomic E-state index is 13.7. The smallest absolute Gasteiger partial charge is 0.260 e. The van der Waals surface area contributed by atoms with Crippen molar-refractivity contribution < 1.29 is 14.3 Å². The van der Waals surface area contributed by atoms with Crippen LogP contribution in [0.1, 0.15) is 16.1 Å². The fourth-order valence-corrected chi connectivity index (χ4v) is 4.48. The van der Waals surface area contributed by atoms with Crippen molar-refractivity contribution in [3.8, 4) is 17.2 Å². The van der Waals surface area contributed by atoms with E-state index in [1.807, 2.05) is 78.9 Å². The normalized spacial score (nSPS) is 10.7. The highest BCUT2D eigenvalue weighted by Gasteiger charge is 2.23. The molecule has 34 heavy (non-hydrogen) atoms. The second-order valence-electron chi connectivity index (χ2n) is 7.49. The minimum Gasteiger partial charge on any atom is -0.497 e. The minimum absolute atomic E-state index is 0.185. The molecular weight excluding hydrogens is 446 g/mol. The van der Waals surface area contributed by atoms with Crippen molar-refractivity contribution in [2.75, 3.05) is 12.0 Å². The quantitative estimate of drug-likeness (QED) is 0.279. The lowest BCUT2D eigenvalue weighted by atomic mass is 10.2. The summed E-state index contributed by atoms with van der Waals surface area (Å²) in [5.41, 5.74) is 2.08. The van der Waals surface area contributed by atoms with E-state index in [1.54, 1.807) is 30.3 Å². The number of carbonyl (C=O) groups is 1. The van der Waals surface area contributed by atoms with Crippen molar-refractivity contribution in [2.45, 2.75) is 6.54 Å². The Morgan fingerprint density at radius 1 is 0.882 bits per heavy atom. The van der Waals surface area contributed by atoms with Gasteiger partial charge in [0.2, 0.25) is 0 Å². The van der Waals surface area contributed by atoms with Crippen LogP contribution >= 0.6 is 11.3 Å². The van der Waals surface area contributed by atoms with Crippen LogP contribution in [0.15, 0.2) is 97.2 Å². The number of hydrogen-bond donors (Lipinski definition) is 0. The first-order valence-corrected chi connectivity index (χ1v) is 11.5. The van der Waals surface area contributed by atoms with Gasteiger partial charge in [-0.25, -0.2) is 4.98 Å². The molecule has 0 radical (unpaired) electrons. The molecule has 2 aromatic heterocycles. The fraction of sp³-hybridized carbons (Fsp3) is 0.0741. The summed E-state index contributed by atoms with van der Waals surface area (Å²) in [6.45, 7) is 0.292. The van der Waals surface area contributed by atoms with Crippen LogP contribution in [0.5, 0.6) is 17.2 Å². The number of rotatable bonds is 7. The number of ether oxygens (including phenoxy) is 2. The number of anilines is 1. The standard InChI is InChI=1S/C27H21N3O3S/c1-32-22-13-14-24-25(17-22)34-27(29-24)30(18-20-9-5-6-15-28-20)26(31)19-8-7-12-23(16-19)33-21-10-3-2-4-11-21/h2-17H,18H2,1H3. The highest BCUT2D eigenvalue weighted by Crippen LogP contribution is 2.33. The van der Waals surface area contributed by atoms with Crippen LogP contribution < -0.4 is 14.4 Å². The van der Waals surface area contributed by atoms with Crippen molar-refractivity contribution in [1.82, 2.24) is 9.97 Å². The minimum atomic E-state index is -0.185. The number of para-hydroxylation sites is 1. The molecule has 0 aliphatic heterocycles. The third-order valence-corrected chi connectivity index (χ3v) is 6.21. The molecule has 0 fully saturated rings. The molecule has 0 N–H and O–H groups in total. The lowest BCUT2D eigenvalue weighted by molar-refractivity contribution is 0.0984. The summed E-state index contributed by atoms with van der Waals surface area (Å²) in [5.74, 6) is 1.85.